The number of nitrogens with zero attached hydrogens (tertiary/aromatic N) is 3. The van der Waals surface area contributed by atoms with Crippen molar-refractivity contribution >= 4 is 11.6 Å². The summed E-state index contributed by atoms with van der Waals surface area (Å²) in [6.45, 7) is 2.06. The smallest absolute Gasteiger partial charge is 0.136 e. The number of nitrogens with two attached hydrogens (primary N) is 1. The van der Waals surface area contributed by atoms with Gasteiger partial charge >= 0.3 is 0 Å². The number of nitrogen functional groups attached to an aromatic ring is 1. The minimum atomic E-state index is 0.541. The van der Waals surface area contributed by atoms with Crippen molar-refractivity contribution in [2.24, 2.45) is 0 Å². The molecule has 1 saturated heterocycles. The molecule has 0 spiro atoms. The number of benzene rings is 1. The monoisotopic (exact) mass is 280 g/mol. The molecule has 1 saturated carbocycles. The van der Waals surface area contributed by atoms with Crippen LogP contribution >= 0.6 is 0 Å². The van der Waals surface area contributed by atoms with Gasteiger partial charge in [0.2, 0.25) is 0 Å². The van der Waals surface area contributed by atoms with Gasteiger partial charge in [-0.2, -0.15) is 0 Å². The summed E-state index contributed by atoms with van der Waals surface area (Å²) in [5.41, 5.74) is 7.38. The molecule has 0 amide bonds. The zero-order valence-corrected chi connectivity index (χ0v) is 12.1. The maximum absolute atomic E-state index is 5.96. The Kier molecular flexibility index (Phi) is 3.02. The molecule has 4 rings (SSSR count). The van der Waals surface area contributed by atoms with Gasteiger partial charge in [-0.15, -0.1) is 0 Å². The SMILES string of the molecule is Nc1cc(N2CCC(c3ccccc3)C2)nc(C2CC2)n1. The first-order chi connectivity index (χ1) is 10.3. The summed E-state index contributed by atoms with van der Waals surface area (Å²) in [7, 11) is 0. The maximum atomic E-state index is 5.96. The Morgan fingerprint density at radius 3 is 2.57 bits per heavy atom. The van der Waals surface area contributed by atoms with E-state index in [0.29, 0.717) is 17.7 Å². The summed E-state index contributed by atoms with van der Waals surface area (Å²) in [6, 6.07) is 12.7. The molecule has 1 unspecified atom stereocenters. The first-order valence-corrected chi connectivity index (χ1v) is 7.74. The van der Waals surface area contributed by atoms with E-state index in [1.54, 1.807) is 0 Å². The molecule has 2 N–H and O–H groups in total. The number of aromatic nitrogens is 2. The molecule has 4 nitrogen and oxygen atoms in total. The maximum Gasteiger partial charge on any atom is 0.136 e. The van der Waals surface area contributed by atoms with E-state index in [2.05, 4.69) is 40.2 Å². The third-order valence-electron chi connectivity index (χ3n) is 4.48. The second-order valence-corrected chi connectivity index (χ2v) is 6.13. The Morgan fingerprint density at radius 2 is 1.81 bits per heavy atom. The second-order valence-electron chi connectivity index (χ2n) is 6.13. The van der Waals surface area contributed by atoms with Crippen molar-refractivity contribution in [3.05, 3.63) is 47.8 Å². The summed E-state index contributed by atoms with van der Waals surface area (Å²) >= 11 is 0. The Bertz CT molecular complexity index is 636. The third-order valence-corrected chi connectivity index (χ3v) is 4.48. The molecule has 1 aromatic heterocycles. The lowest BCUT2D eigenvalue weighted by molar-refractivity contribution is 0.773. The molecule has 1 aliphatic carbocycles. The van der Waals surface area contributed by atoms with E-state index >= 15 is 0 Å². The molecule has 2 aliphatic rings. The van der Waals surface area contributed by atoms with Crippen LogP contribution in [0.4, 0.5) is 11.6 Å². The topological polar surface area (TPSA) is 55.0 Å². The van der Waals surface area contributed by atoms with Crippen LogP contribution in [0.5, 0.6) is 0 Å². The van der Waals surface area contributed by atoms with Crippen LogP contribution in [0.15, 0.2) is 36.4 Å². The zero-order chi connectivity index (χ0) is 14.2. The molecular weight excluding hydrogens is 260 g/mol. The molecule has 21 heavy (non-hydrogen) atoms. The van der Waals surface area contributed by atoms with Crippen LogP contribution in [0, 0.1) is 0 Å². The summed E-state index contributed by atoms with van der Waals surface area (Å²) < 4.78 is 0. The van der Waals surface area contributed by atoms with E-state index in [-0.39, 0.29) is 0 Å². The fourth-order valence-corrected chi connectivity index (χ4v) is 3.12. The predicted octanol–water partition coefficient (Wildman–Crippen LogP) is 2.93. The molecule has 2 heterocycles. The molecule has 0 bridgehead atoms. The van der Waals surface area contributed by atoms with Gasteiger partial charge in [0.25, 0.3) is 0 Å². The fraction of sp³-hybridized carbons (Fsp3) is 0.412. The number of anilines is 2. The number of hydrogen-bond acceptors (Lipinski definition) is 4. The van der Waals surface area contributed by atoms with Gasteiger partial charge < -0.3 is 10.6 Å². The first-order valence-electron chi connectivity index (χ1n) is 7.74. The summed E-state index contributed by atoms with van der Waals surface area (Å²) in [5, 5.41) is 0. The standard InChI is InChI=1S/C17H20N4/c18-15-10-16(20-17(19-15)13-6-7-13)21-9-8-14(11-21)12-4-2-1-3-5-12/h1-5,10,13-14H,6-9,11H2,(H2,18,19,20). The van der Waals surface area contributed by atoms with Crippen molar-refractivity contribution in [3.63, 3.8) is 0 Å². The Morgan fingerprint density at radius 1 is 1.00 bits per heavy atom. The van der Waals surface area contributed by atoms with E-state index in [4.69, 9.17) is 10.7 Å². The highest BCUT2D eigenvalue weighted by Gasteiger charge is 2.29. The van der Waals surface area contributed by atoms with Crippen LogP contribution in [0.1, 0.15) is 42.5 Å². The fourth-order valence-electron chi connectivity index (χ4n) is 3.12. The van der Waals surface area contributed by atoms with Crippen LogP contribution in [0.2, 0.25) is 0 Å². The van der Waals surface area contributed by atoms with Crippen molar-refractivity contribution < 1.29 is 0 Å². The molecule has 1 aromatic carbocycles. The van der Waals surface area contributed by atoms with Gasteiger partial charge in [-0.25, -0.2) is 9.97 Å². The highest BCUT2D eigenvalue weighted by atomic mass is 15.2. The highest BCUT2D eigenvalue weighted by Crippen LogP contribution is 2.39. The Balaban J connectivity index is 1.55. The van der Waals surface area contributed by atoms with Crippen molar-refractivity contribution in [2.75, 3.05) is 23.7 Å². The van der Waals surface area contributed by atoms with Crippen molar-refractivity contribution in [1.82, 2.24) is 9.97 Å². The van der Waals surface area contributed by atoms with Gasteiger partial charge in [-0.3, -0.25) is 0 Å². The quantitative estimate of drug-likeness (QED) is 0.939. The average Bonchev–Trinajstić information content (AvgIpc) is 3.24. The molecule has 0 radical (unpaired) electrons. The van der Waals surface area contributed by atoms with Gasteiger partial charge in [-0.1, -0.05) is 30.3 Å². The normalized spacial score (nSPS) is 21.7. The molecule has 4 heteroatoms. The lowest BCUT2D eigenvalue weighted by Gasteiger charge is -2.18. The van der Waals surface area contributed by atoms with Gasteiger partial charge in [0, 0.05) is 31.0 Å². The third kappa shape index (κ3) is 2.58. The van der Waals surface area contributed by atoms with E-state index in [1.165, 1.54) is 24.8 Å². The largest absolute Gasteiger partial charge is 0.384 e. The van der Waals surface area contributed by atoms with E-state index < -0.39 is 0 Å². The summed E-state index contributed by atoms with van der Waals surface area (Å²) in [4.78, 5) is 11.5. The number of rotatable bonds is 3. The second kappa shape index (κ2) is 5.02. The molecule has 2 aromatic rings. The van der Waals surface area contributed by atoms with Crippen molar-refractivity contribution in [2.45, 2.75) is 31.1 Å². The average molecular weight is 280 g/mol. The van der Waals surface area contributed by atoms with Crippen LogP contribution in [-0.4, -0.2) is 23.1 Å². The first kappa shape index (κ1) is 12.6. The van der Waals surface area contributed by atoms with Crippen LogP contribution in [0.25, 0.3) is 0 Å². The summed E-state index contributed by atoms with van der Waals surface area (Å²) in [5.74, 6) is 3.67. The highest BCUT2D eigenvalue weighted by molar-refractivity contribution is 5.49. The Hall–Kier alpha value is -2.10. The molecule has 2 fully saturated rings. The lowest BCUT2D eigenvalue weighted by atomic mass is 9.99. The van der Waals surface area contributed by atoms with E-state index in [1.807, 2.05) is 6.07 Å². The van der Waals surface area contributed by atoms with Gasteiger partial charge in [0.15, 0.2) is 0 Å². The van der Waals surface area contributed by atoms with E-state index in [9.17, 15) is 0 Å². The molecular formula is C17H20N4. The molecule has 1 aliphatic heterocycles. The summed E-state index contributed by atoms with van der Waals surface area (Å²) in [6.07, 6.45) is 3.58. The van der Waals surface area contributed by atoms with Crippen LogP contribution in [-0.2, 0) is 0 Å². The minimum Gasteiger partial charge on any atom is -0.384 e. The van der Waals surface area contributed by atoms with E-state index in [0.717, 1.165) is 24.7 Å². The molecule has 108 valence electrons. The molecule has 1 atom stereocenters. The van der Waals surface area contributed by atoms with Gasteiger partial charge in [0.1, 0.15) is 17.5 Å². The van der Waals surface area contributed by atoms with Gasteiger partial charge in [0.05, 0.1) is 0 Å². The van der Waals surface area contributed by atoms with Crippen LogP contribution in [0.3, 0.4) is 0 Å². The van der Waals surface area contributed by atoms with Gasteiger partial charge in [-0.05, 0) is 24.8 Å². The number of hydrogen-bond donors (Lipinski definition) is 1. The predicted molar refractivity (Wildman–Crippen MR) is 84.4 cm³/mol. The van der Waals surface area contributed by atoms with Crippen molar-refractivity contribution in [1.29, 1.82) is 0 Å². The Labute approximate surface area is 125 Å². The van der Waals surface area contributed by atoms with Crippen molar-refractivity contribution in [3.8, 4) is 0 Å². The zero-order valence-electron chi connectivity index (χ0n) is 12.1. The minimum absolute atomic E-state index is 0.541. The lowest BCUT2D eigenvalue weighted by Crippen LogP contribution is -2.21. The van der Waals surface area contributed by atoms with Crippen LogP contribution < -0.4 is 10.6 Å².